The van der Waals surface area contributed by atoms with E-state index >= 15 is 0 Å². The molecule has 1 unspecified atom stereocenters. The first-order valence-electron chi connectivity index (χ1n) is 6.17. The van der Waals surface area contributed by atoms with E-state index in [0.717, 1.165) is 19.4 Å². The summed E-state index contributed by atoms with van der Waals surface area (Å²) >= 11 is 0. The van der Waals surface area contributed by atoms with Crippen molar-refractivity contribution in [2.45, 2.75) is 18.9 Å². The van der Waals surface area contributed by atoms with Crippen LogP contribution in [0.4, 0.5) is 10.5 Å². The number of likely N-dealkylation sites (tertiary alicyclic amines) is 1. The molecular weight excluding hydrogens is 230 g/mol. The van der Waals surface area contributed by atoms with Crippen LogP contribution in [0.15, 0.2) is 24.3 Å². The summed E-state index contributed by atoms with van der Waals surface area (Å²) in [5, 5.41) is 2.87. The first kappa shape index (κ1) is 12.7. The molecule has 2 amide bonds. The van der Waals surface area contributed by atoms with E-state index < -0.39 is 0 Å². The van der Waals surface area contributed by atoms with Gasteiger partial charge in [-0.2, -0.15) is 0 Å². The van der Waals surface area contributed by atoms with Crippen molar-refractivity contribution in [3.63, 3.8) is 0 Å². The summed E-state index contributed by atoms with van der Waals surface area (Å²) < 4.78 is 5.20. The summed E-state index contributed by atoms with van der Waals surface area (Å²) in [6.07, 6.45) is 2.00. The number of rotatable bonds is 3. The number of nitrogens with two attached hydrogens (primary N) is 1. The highest BCUT2D eigenvalue weighted by Gasteiger charge is 2.27. The van der Waals surface area contributed by atoms with Gasteiger partial charge in [-0.05, 0) is 25.0 Å². The summed E-state index contributed by atoms with van der Waals surface area (Å²) in [5.74, 6) is 0.661. The standard InChI is InChI=1S/C13H19N3O2/c1-18-12-7-3-2-6-11(12)15-13(17)16-8-4-5-10(16)9-14/h2-3,6-7,10H,4-5,8-9,14H2,1H3,(H,15,17). The van der Waals surface area contributed by atoms with Gasteiger partial charge in [-0.25, -0.2) is 4.79 Å². The average molecular weight is 249 g/mol. The summed E-state index contributed by atoms with van der Waals surface area (Å²) in [7, 11) is 1.59. The van der Waals surface area contributed by atoms with Crippen molar-refractivity contribution in [2.75, 3.05) is 25.5 Å². The van der Waals surface area contributed by atoms with Crippen LogP contribution in [0.1, 0.15) is 12.8 Å². The molecule has 1 aliphatic heterocycles. The zero-order valence-electron chi connectivity index (χ0n) is 10.6. The number of nitrogens with one attached hydrogen (secondary N) is 1. The average Bonchev–Trinajstić information content (AvgIpc) is 2.87. The van der Waals surface area contributed by atoms with Gasteiger partial charge >= 0.3 is 6.03 Å². The molecule has 5 nitrogen and oxygen atoms in total. The highest BCUT2D eigenvalue weighted by atomic mass is 16.5. The molecule has 1 saturated heterocycles. The predicted molar refractivity (Wildman–Crippen MR) is 70.8 cm³/mol. The number of hydrogen-bond acceptors (Lipinski definition) is 3. The normalized spacial score (nSPS) is 18.8. The van der Waals surface area contributed by atoms with Crippen LogP contribution >= 0.6 is 0 Å². The number of amides is 2. The van der Waals surface area contributed by atoms with Gasteiger partial charge in [0.1, 0.15) is 5.75 Å². The van der Waals surface area contributed by atoms with Gasteiger partial charge in [-0.3, -0.25) is 0 Å². The van der Waals surface area contributed by atoms with Crippen LogP contribution in [0.25, 0.3) is 0 Å². The van der Waals surface area contributed by atoms with E-state index in [2.05, 4.69) is 5.32 Å². The van der Waals surface area contributed by atoms with Crippen molar-refractivity contribution in [1.82, 2.24) is 4.90 Å². The molecule has 1 aromatic rings. The molecule has 2 rings (SSSR count). The van der Waals surface area contributed by atoms with E-state index in [1.165, 1.54) is 0 Å². The maximum absolute atomic E-state index is 12.2. The highest BCUT2D eigenvalue weighted by Crippen LogP contribution is 2.24. The van der Waals surface area contributed by atoms with E-state index in [-0.39, 0.29) is 12.1 Å². The first-order valence-corrected chi connectivity index (χ1v) is 6.17. The van der Waals surface area contributed by atoms with Gasteiger partial charge in [0.25, 0.3) is 0 Å². The molecule has 0 bridgehead atoms. The number of benzene rings is 1. The smallest absolute Gasteiger partial charge is 0.322 e. The Morgan fingerprint density at radius 1 is 1.56 bits per heavy atom. The number of nitrogens with zero attached hydrogens (tertiary/aromatic N) is 1. The number of carbonyl (C=O) groups excluding carboxylic acids is 1. The van der Waals surface area contributed by atoms with Crippen molar-refractivity contribution < 1.29 is 9.53 Å². The minimum absolute atomic E-state index is 0.104. The van der Waals surface area contributed by atoms with Gasteiger partial charge in [0.05, 0.1) is 12.8 Å². The maximum Gasteiger partial charge on any atom is 0.322 e. The summed E-state index contributed by atoms with van der Waals surface area (Å²) in [5.41, 5.74) is 6.35. The maximum atomic E-state index is 12.2. The predicted octanol–water partition coefficient (Wildman–Crippen LogP) is 1.65. The van der Waals surface area contributed by atoms with Crippen molar-refractivity contribution >= 4 is 11.7 Å². The number of urea groups is 1. The Labute approximate surface area is 107 Å². The fraction of sp³-hybridized carbons (Fsp3) is 0.462. The molecule has 0 aromatic heterocycles. The van der Waals surface area contributed by atoms with E-state index in [0.29, 0.717) is 18.0 Å². The number of para-hydroxylation sites is 2. The lowest BCUT2D eigenvalue weighted by molar-refractivity contribution is 0.207. The van der Waals surface area contributed by atoms with Crippen molar-refractivity contribution in [3.05, 3.63) is 24.3 Å². The fourth-order valence-electron chi connectivity index (χ4n) is 2.28. The molecule has 5 heteroatoms. The fourth-order valence-corrected chi connectivity index (χ4v) is 2.28. The van der Waals surface area contributed by atoms with Crippen LogP contribution in [-0.4, -0.2) is 37.2 Å². The van der Waals surface area contributed by atoms with E-state index in [4.69, 9.17) is 10.5 Å². The Bertz CT molecular complexity index is 422. The molecule has 0 aliphatic carbocycles. The van der Waals surface area contributed by atoms with Crippen LogP contribution in [-0.2, 0) is 0 Å². The van der Waals surface area contributed by atoms with Crippen LogP contribution in [0, 0.1) is 0 Å². The number of methoxy groups -OCH3 is 1. The van der Waals surface area contributed by atoms with Gasteiger partial charge in [0.2, 0.25) is 0 Å². The second-order valence-corrected chi connectivity index (χ2v) is 4.36. The lowest BCUT2D eigenvalue weighted by Gasteiger charge is -2.24. The van der Waals surface area contributed by atoms with Crippen molar-refractivity contribution in [2.24, 2.45) is 5.73 Å². The van der Waals surface area contributed by atoms with Gasteiger partial charge in [-0.15, -0.1) is 0 Å². The second kappa shape index (κ2) is 5.73. The minimum atomic E-state index is -0.104. The summed E-state index contributed by atoms with van der Waals surface area (Å²) in [6.45, 7) is 1.28. The van der Waals surface area contributed by atoms with E-state index in [1.807, 2.05) is 24.3 Å². The SMILES string of the molecule is COc1ccccc1NC(=O)N1CCCC1CN. The van der Waals surface area contributed by atoms with Gasteiger partial charge in [0.15, 0.2) is 0 Å². The molecule has 0 radical (unpaired) electrons. The Morgan fingerprint density at radius 2 is 2.33 bits per heavy atom. The molecule has 1 aromatic carbocycles. The van der Waals surface area contributed by atoms with Gasteiger partial charge < -0.3 is 20.7 Å². The molecule has 18 heavy (non-hydrogen) atoms. The number of hydrogen-bond donors (Lipinski definition) is 2. The lowest BCUT2D eigenvalue weighted by Crippen LogP contribution is -2.42. The van der Waals surface area contributed by atoms with Crippen LogP contribution in [0.5, 0.6) is 5.75 Å². The second-order valence-electron chi connectivity index (χ2n) is 4.36. The largest absolute Gasteiger partial charge is 0.495 e. The quantitative estimate of drug-likeness (QED) is 0.856. The van der Waals surface area contributed by atoms with Crippen molar-refractivity contribution in [3.8, 4) is 5.75 Å². The third kappa shape index (κ3) is 2.56. The molecule has 1 atom stereocenters. The highest BCUT2D eigenvalue weighted by molar-refractivity contribution is 5.91. The summed E-state index contributed by atoms with van der Waals surface area (Å²) in [6, 6.07) is 7.42. The van der Waals surface area contributed by atoms with Crippen molar-refractivity contribution in [1.29, 1.82) is 0 Å². The third-order valence-electron chi connectivity index (χ3n) is 3.26. The Morgan fingerprint density at radius 3 is 3.06 bits per heavy atom. The molecule has 3 N–H and O–H groups in total. The minimum Gasteiger partial charge on any atom is -0.495 e. The number of ether oxygens (including phenoxy) is 1. The number of carbonyl (C=O) groups is 1. The Hall–Kier alpha value is -1.75. The Kier molecular flexibility index (Phi) is 4.04. The van der Waals surface area contributed by atoms with Crippen LogP contribution < -0.4 is 15.8 Å². The molecule has 0 saturated carbocycles. The van der Waals surface area contributed by atoms with Gasteiger partial charge in [-0.1, -0.05) is 12.1 Å². The summed E-state index contributed by atoms with van der Waals surface area (Å²) in [4.78, 5) is 14.0. The molecular formula is C13H19N3O2. The van der Waals surface area contributed by atoms with E-state index in [9.17, 15) is 4.79 Å². The topological polar surface area (TPSA) is 67.6 Å². The molecule has 1 heterocycles. The first-order chi connectivity index (χ1) is 8.76. The number of anilines is 1. The Balaban J connectivity index is 2.07. The lowest BCUT2D eigenvalue weighted by atomic mass is 10.2. The molecule has 98 valence electrons. The third-order valence-corrected chi connectivity index (χ3v) is 3.26. The van der Waals surface area contributed by atoms with Gasteiger partial charge in [0, 0.05) is 19.1 Å². The zero-order chi connectivity index (χ0) is 13.0. The monoisotopic (exact) mass is 249 g/mol. The van der Waals surface area contributed by atoms with Crippen LogP contribution in [0.3, 0.4) is 0 Å². The molecule has 0 spiro atoms. The molecule has 1 fully saturated rings. The zero-order valence-corrected chi connectivity index (χ0v) is 10.6. The molecule has 1 aliphatic rings. The van der Waals surface area contributed by atoms with E-state index in [1.54, 1.807) is 12.0 Å². The van der Waals surface area contributed by atoms with Crippen LogP contribution in [0.2, 0.25) is 0 Å².